The van der Waals surface area contributed by atoms with Gasteiger partial charge in [-0.05, 0) is 33.7 Å². The van der Waals surface area contributed by atoms with Crippen LogP contribution in [0.2, 0.25) is 0 Å². The minimum Gasteiger partial charge on any atom is -0.353 e. The van der Waals surface area contributed by atoms with E-state index in [2.05, 4.69) is 46.9 Å². The van der Waals surface area contributed by atoms with Gasteiger partial charge in [0.25, 0.3) is 0 Å². The fourth-order valence-corrected chi connectivity index (χ4v) is 2.41. The van der Waals surface area contributed by atoms with E-state index in [4.69, 9.17) is 0 Å². The normalized spacial score (nSPS) is 16.9. The summed E-state index contributed by atoms with van der Waals surface area (Å²) in [5.74, 6) is 1.04. The van der Waals surface area contributed by atoms with Crippen molar-refractivity contribution in [2.45, 2.75) is 58.2 Å². The van der Waals surface area contributed by atoms with Crippen LogP contribution in [0.25, 0.3) is 0 Å². The third kappa shape index (κ3) is 3.48. The molecule has 0 saturated heterocycles. The summed E-state index contributed by atoms with van der Waals surface area (Å²) in [4.78, 5) is 6.80. The van der Waals surface area contributed by atoms with Crippen LogP contribution in [0.15, 0.2) is 12.4 Å². The van der Waals surface area contributed by atoms with E-state index in [1.165, 1.54) is 25.7 Å². The standard InChI is InChI=1S/C14H26N4/c1-12(2)17(3)10-11-18-9-8-15-14(18)16-13-6-4-5-7-13/h8-9,12-13H,4-7,10-11H2,1-3H3,(H,15,16). The number of hydrogen-bond acceptors (Lipinski definition) is 3. The molecule has 1 aliphatic rings. The zero-order valence-corrected chi connectivity index (χ0v) is 11.9. The fourth-order valence-electron chi connectivity index (χ4n) is 2.41. The van der Waals surface area contributed by atoms with Crippen molar-refractivity contribution < 1.29 is 0 Å². The van der Waals surface area contributed by atoms with E-state index in [-0.39, 0.29) is 0 Å². The van der Waals surface area contributed by atoms with Crippen LogP contribution in [0.1, 0.15) is 39.5 Å². The summed E-state index contributed by atoms with van der Waals surface area (Å²) >= 11 is 0. The lowest BCUT2D eigenvalue weighted by atomic mass is 10.2. The quantitative estimate of drug-likeness (QED) is 0.842. The van der Waals surface area contributed by atoms with E-state index in [0.29, 0.717) is 12.1 Å². The third-order valence-corrected chi connectivity index (χ3v) is 3.98. The van der Waals surface area contributed by atoms with E-state index in [1.807, 2.05) is 6.20 Å². The van der Waals surface area contributed by atoms with Crippen molar-refractivity contribution in [3.8, 4) is 0 Å². The first-order valence-electron chi connectivity index (χ1n) is 7.14. The SMILES string of the molecule is CC(C)N(C)CCn1ccnc1NC1CCCC1. The van der Waals surface area contributed by atoms with E-state index in [1.54, 1.807) is 0 Å². The van der Waals surface area contributed by atoms with Gasteiger partial charge >= 0.3 is 0 Å². The molecule has 1 N–H and O–H groups in total. The number of aromatic nitrogens is 2. The topological polar surface area (TPSA) is 33.1 Å². The molecule has 1 fully saturated rings. The maximum Gasteiger partial charge on any atom is 0.203 e. The Bertz CT molecular complexity index is 352. The van der Waals surface area contributed by atoms with Crippen LogP contribution < -0.4 is 5.32 Å². The van der Waals surface area contributed by atoms with Crippen LogP contribution in [0.4, 0.5) is 5.95 Å². The predicted molar refractivity (Wildman–Crippen MR) is 75.9 cm³/mol. The van der Waals surface area contributed by atoms with E-state index < -0.39 is 0 Å². The van der Waals surface area contributed by atoms with Gasteiger partial charge in [-0.1, -0.05) is 12.8 Å². The van der Waals surface area contributed by atoms with Gasteiger partial charge in [0.1, 0.15) is 0 Å². The van der Waals surface area contributed by atoms with Crippen molar-refractivity contribution >= 4 is 5.95 Å². The van der Waals surface area contributed by atoms with Crippen molar-refractivity contribution in [2.75, 3.05) is 18.9 Å². The van der Waals surface area contributed by atoms with Gasteiger partial charge in [-0.2, -0.15) is 0 Å². The van der Waals surface area contributed by atoms with E-state index in [0.717, 1.165) is 19.0 Å². The Morgan fingerprint density at radius 1 is 1.44 bits per heavy atom. The van der Waals surface area contributed by atoms with Crippen LogP contribution >= 0.6 is 0 Å². The highest BCUT2D eigenvalue weighted by molar-refractivity contribution is 5.27. The molecule has 4 nitrogen and oxygen atoms in total. The molecule has 1 aromatic rings. The minimum absolute atomic E-state index is 0.597. The second-order valence-electron chi connectivity index (χ2n) is 5.64. The highest BCUT2D eigenvalue weighted by Crippen LogP contribution is 2.21. The molecule has 1 heterocycles. The van der Waals surface area contributed by atoms with Gasteiger partial charge in [0, 0.05) is 37.6 Å². The van der Waals surface area contributed by atoms with E-state index >= 15 is 0 Å². The zero-order valence-electron chi connectivity index (χ0n) is 11.9. The Labute approximate surface area is 110 Å². The van der Waals surface area contributed by atoms with Crippen LogP contribution in [0, 0.1) is 0 Å². The Kier molecular flexibility index (Phi) is 4.64. The number of likely N-dealkylation sites (N-methyl/N-ethyl adjacent to an activating group) is 1. The van der Waals surface area contributed by atoms with Gasteiger partial charge < -0.3 is 14.8 Å². The molecule has 2 rings (SSSR count). The van der Waals surface area contributed by atoms with Crippen LogP contribution in [-0.4, -0.2) is 40.1 Å². The number of imidazole rings is 1. The Morgan fingerprint density at radius 2 is 2.17 bits per heavy atom. The smallest absolute Gasteiger partial charge is 0.203 e. The molecule has 0 radical (unpaired) electrons. The second kappa shape index (κ2) is 6.23. The van der Waals surface area contributed by atoms with Gasteiger partial charge in [0.2, 0.25) is 5.95 Å². The molecule has 1 aliphatic carbocycles. The van der Waals surface area contributed by atoms with Gasteiger partial charge in [0.15, 0.2) is 0 Å². The number of nitrogens with zero attached hydrogens (tertiary/aromatic N) is 3. The van der Waals surface area contributed by atoms with Gasteiger partial charge in [-0.15, -0.1) is 0 Å². The summed E-state index contributed by atoms with van der Waals surface area (Å²) in [6.45, 7) is 6.52. The second-order valence-corrected chi connectivity index (χ2v) is 5.64. The van der Waals surface area contributed by atoms with Crippen molar-refractivity contribution in [3.05, 3.63) is 12.4 Å². The van der Waals surface area contributed by atoms with Gasteiger partial charge in [0.05, 0.1) is 0 Å². The average molecular weight is 250 g/mol. The lowest BCUT2D eigenvalue weighted by Crippen LogP contribution is -2.30. The Hall–Kier alpha value is -1.03. The van der Waals surface area contributed by atoms with Crippen molar-refractivity contribution in [3.63, 3.8) is 0 Å². The monoisotopic (exact) mass is 250 g/mol. The van der Waals surface area contributed by atoms with Crippen molar-refractivity contribution in [2.24, 2.45) is 0 Å². The molecule has 18 heavy (non-hydrogen) atoms. The summed E-state index contributed by atoms with van der Waals surface area (Å²) in [7, 11) is 2.17. The lowest BCUT2D eigenvalue weighted by Gasteiger charge is -2.22. The molecule has 0 amide bonds. The summed E-state index contributed by atoms with van der Waals surface area (Å²) in [6.07, 6.45) is 9.26. The van der Waals surface area contributed by atoms with Gasteiger partial charge in [-0.3, -0.25) is 0 Å². The summed E-state index contributed by atoms with van der Waals surface area (Å²) in [5.41, 5.74) is 0. The molecule has 0 bridgehead atoms. The summed E-state index contributed by atoms with van der Waals surface area (Å²) in [5, 5.41) is 3.58. The first kappa shape index (κ1) is 13.4. The molecule has 0 aliphatic heterocycles. The molecule has 0 aromatic carbocycles. The largest absolute Gasteiger partial charge is 0.353 e. The summed E-state index contributed by atoms with van der Waals surface area (Å²) < 4.78 is 2.23. The maximum atomic E-state index is 4.44. The van der Waals surface area contributed by atoms with Crippen LogP contribution in [0.3, 0.4) is 0 Å². The first-order valence-corrected chi connectivity index (χ1v) is 7.14. The molecule has 4 heteroatoms. The molecule has 1 saturated carbocycles. The average Bonchev–Trinajstić information content (AvgIpc) is 2.98. The number of rotatable bonds is 6. The Balaban J connectivity index is 1.86. The maximum absolute atomic E-state index is 4.44. The summed E-state index contributed by atoms with van der Waals surface area (Å²) in [6, 6.07) is 1.23. The number of hydrogen-bond donors (Lipinski definition) is 1. The van der Waals surface area contributed by atoms with Crippen molar-refractivity contribution in [1.82, 2.24) is 14.5 Å². The fraction of sp³-hybridized carbons (Fsp3) is 0.786. The molecule has 0 spiro atoms. The molecule has 0 atom stereocenters. The highest BCUT2D eigenvalue weighted by atomic mass is 15.2. The molecule has 102 valence electrons. The highest BCUT2D eigenvalue weighted by Gasteiger charge is 2.16. The molecule has 0 unspecified atom stereocenters. The lowest BCUT2D eigenvalue weighted by molar-refractivity contribution is 0.263. The van der Waals surface area contributed by atoms with Crippen molar-refractivity contribution in [1.29, 1.82) is 0 Å². The molecule has 1 aromatic heterocycles. The number of nitrogens with one attached hydrogen (secondary N) is 1. The number of anilines is 1. The molecular weight excluding hydrogens is 224 g/mol. The predicted octanol–water partition coefficient (Wildman–Crippen LogP) is 2.58. The first-order chi connectivity index (χ1) is 8.66. The third-order valence-electron chi connectivity index (χ3n) is 3.98. The van der Waals surface area contributed by atoms with Crippen LogP contribution in [-0.2, 0) is 6.54 Å². The Morgan fingerprint density at radius 3 is 2.83 bits per heavy atom. The zero-order chi connectivity index (χ0) is 13.0. The van der Waals surface area contributed by atoms with E-state index in [9.17, 15) is 0 Å². The minimum atomic E-state index is 0.597. The van der Waals surface area contributed by atoms with Crippen LogP contribution in [0.5, 0.6) is 0 Å². The van der Waals surface area contributed by atoms with Gasteiger partial charge in [-0.25, -0.2) is 4.98 Å². The molecular formula is C14H26N4.